The largest absolute Gasteiger partial charge is 0.407 e. The van der Waals surface area contributed by atoms with E-state index in [0.717, 1.165) is 12.8 Å². The number of aromatic amines is 1. The van der Waals surface area contributed by atoms with Crippen molar-refractivity contribution in [3.63, 3.8) is 0 Å². The van der Waals surface area contributed by atoms with Crippen LogP contribution < -0.4 is 21.9 Å². The fourth-order valence-electron chi connectivity index (χ4n) is 3.86. The zero-order valence-corrected chi connectivity index (χ0v) is 17.7. The van der Waals surface area contributed by atoms with Gasteiger partial charge in [0.05, 0.1) is 17.4 Å². The number of hydrogen-bond donors (Lipinski definition) is 4. The van der Waals surface area contributed by atoms with Gasteiger partial charge in [-0.1, -0.05) is 31.9 Å². The molecule has 10 heteroatoms. The van der Waals surface area contributed by atoms with Gasteiger partial charge in [-0.05, 0) is 43.1 Å². The van der Waals surface area contributed by atoms with E-state index in [0.29, 0.717) is 24.2 Å². The Hall–Kier alpha value is -2.88. The van der Waals surface area contributed by atoms with Gasteiger partial charge in [0.2, 0.25) is 0 Å². The van der Waals surface area contributed by atoms with Crippen molar-refractivity contribution in [2.45, 2.75) is 57.0 Å². The number of aromatic nitrogens is 1. The average Bonchev–Trinajstić information content (AvgIpc) is 2.73. The highest BCUT2D eigenvalue weighted by Gasteiger charge is 2.40. The summed E-state index contributed by atoms with van der Waals surface area (Å²) >= 11 is 0. The first-order valence-corrected chi connectivity index (χ1v) is 10.6. The van der Waals surface area contributed by atoms with Crippen LogP contribution in [0, 0.1) is 0 Å². The lowest BCUT2D eigenvalue weighted by Crippen LogP contribution is -2.36. The zero-order valence-electron chi connectivity index (χ0n) is 17.7. The van der Waals surface area contributed by atoms with Crippen molar-refractivity contribution in [3.8, 4) is 0 Å². The first-order chi connectivity index (χ1) is 15.2. The van der Waals surface area contributed by atoms with E-state index in [1.807, 2.05) is 0 Å². The maximum Gasteiger partial charge on any atom is 0.407 e. The summed E-state index contributed by atoms with van der Waals surface area (Å²) in [5, 5.41) is 5.48. The number of halogens is 4. The summed E-state index contributed by atoms with van der Waals surface area (Å²) in [6.45, 7) is 1.75. The van der Waals surface area contributed by atoms with Gasteiger partial charge in [-0.2, -0.15) is 13.2 Å². The van der Waals surface area contributed by atoms with Gasteiger partial charge < -0.3 is 21.4 Å². The van der Waals surface area contributed by atoms with Crippen molar-refractivity contribution in [2.24, 2.45) is 10.7 Å². The molecule has 5 N–H and O–H groups in total. The Labute approximate surface area is 183 Å². The lowest BCUT2D eigenvalue weighted by atomic mass is 9.93. The highest BCUT2D eigenvalue weighted by atomic mass is 19.4. The SMILES string of the molecule is CCNC(c1ccc(N=C(N)c2c(N[C@H]3CCCC[C@H]3F)cc[nH]c2=O)cc1)C(F)(F)F. The molecule has 2 aromatic rings. The Bertz CT molecular complexity index is 987. The number of aliphatic imine (C=N–C) groups is 1. The minimum atomic E-state index is -4.44. The zero-order chi connectivity index (χ0) is 23.3. The van der Waals surface area contributed by atoms with E-state index < -0.39 is 30.0 Å². The van der Waals surface area contributed by atoms with Crippen molar-refractivity contribution in [1.82, 2.24) is 10.3 Å². The molecule has 1 aliphatic rings. The van der Waals surface area contributed by atoms with Crippen molar-refractivity contribution in [1.29, 1.82) is 0 Å². The lowest BCUT2D eigenvalue weighted by Gasteiger charge is -2.28. The number of rotatable bonds is 7. The number of benzene rings is 1. The molecule has 174 valence electrons. The molecule has 6 nitrogen and oxygen atoms in total. The van der Waals surface area contributed by atoms with Gasteiger partial charge in [0.25, 0.3) is 5.56 Å². The number of pyridine rings is 1. The molecule has 0 aliphatic heterocycles. The van der Waals surface area contributed by atoms with Gasteiger partial charge >= 0.3 is 6.18 Å². The van der Waals surface area contributed by atoms with Gasteiger partial charge in [0.1, 0.15) is 23.6 Å². The van der Waals surface area contributed by atoms with E-state index >= 15 is 0 Å². The van der Waals surface area contributed by atoms with E-state index in [1.54, 1.807) is 13.0 Å². The Morgan fingerprint density at radius 3 is 2.53 bits per heavy atom. The molecule has 0 radical (unpaired) electrons. The van der Waals surface area contributed by atoms with E-state index in [-0.39, 0.29) is 23.5 Å². The molecule has 1 aromatic carbocycles. The third-order valence-corrected chi connectivity index (χ3v) is 5.45. The second-order valence-corrected chi connectivity index (χ2v) is 7.77. The van der Waals surface area contributed by atoms with Crippen LogP contribution in [0.4, 0.5) is 28.9 Å². The van der Waals surface area contributed by atoms with Gasteiger partial charge in [0, 0.05) is 6.20 Å². The number of amidine groups is 1. The molecule has 3 rings (SSSR count). The molecule has 32 heavy (non-hydrogen) atoms. The summed E-state index contributed by atoms with van der Waals surface area (Å²) < 4.78 is 54.0. The van der Waals surface area contributed by atoms with Crippen molar-refractivity contribution in [3.05, 3.63) is 58.0 Å². The van der Waals surface area contributed by atoms with Crippen LogP contribution in [0.1, 0.15) is 49.8 Å². The monoisotopic (exact) mass is 453 g/mol. The first-order valence-electron chi connectivity index (χ1n) is 10.6. The molecule has 3 atom stereocenters. The normalized spacial score (nSPS) is 20.7. The average molecular weight is 453 g/mol. The molecule has 0 amide bonds. The predicted octanol–water partition coefficient (Wildman–Crippen LogP) is 4.32. The number of nitrogens with two attached hydrogens (primary N) is 1. The minimum absolute atomic E-state index is 0.0445. The van der Waals surface area contributed by atoms with E-state index in [1.165, 1.54) is 30.5 Å². The van der Waals surface area contributed by atoms with Crippen LogP contribution in [-0.2, 0) is 0 Å². The van der Waals surface area contributed by atoms with Gasteiger partial charge in [-0.25, -0.2) is 9.38 Å². The highest BCUT2D eigenvalue weighted by molar-refractivity contribution is 6.03. The van der Waals surface area contributed by atoms with Crippen LogP contribution in [-0.4, -0.2) is 35.8 Å². The summed E-state index contributed by atoms with van der Waals surface area (Å²) in [5.74, 6) is -0.118. The molecule has 1 fully saturated rings. The molecule has 1 unspecified atom stereocenters. The Morgan fingerprint density at radius 1 is 1.22 bits per heavy atom. The number of anilines is 1. The van der Waals surface area contributed by atoms with Crippen LogP contribution in [0.5, 0.6) is 0 Å². The summed E-state index contributed by atoms with van der Waals surface area (Å²) in [4.78, 5) is 19.2. The van der Waals surface area contributed by atoms with Crippen molar-refractivity contribution >= 4 is 17.2 Å². The summed E-state index contributed by atoms with van der Waals surface area (Å²) in [7, 11) is 0. The molecule has 0 bridgehead atoms. The molecule has 1 heterocycles. The van der Waals surface area contributed by atoms with E-state index in [2.05, 4.69) is 20.6 Å². The Balaban J connectivity index is 1.86. The molecule has 0 spiro atoms. The van der Waals surface area contributed by atoms with Crippen LogP contribution in [0.15, 0.2) is 46.3 Å². The number of nitrogens with zero attached hydrogens (tertiary/aromatic N) is 1. The van der Waals surface area contributed by atoms with Crippen LogP contribution in [0.25, 0.3) is 0 Å². The third kappa shape index (κ3) is 5.67. The fraction of sp³-hybridized carbons (Fsp3) is 0.455. The number of hydrogen-bond acceptors (Lipinski definition) is 4. The summed E-state index contributed by atoms with van der Waals surface area (Å²) in [6.07, 6.45) is -1.23. The molecule has 0 saturated heterocycles. The van der Waals surface area contributed by atoms with Crippen molar-refractivity contribution < 1.29 is 17.6 Å². The van der Waals surface area contributed by atoms with Gasteiger partial charge in [-0.15, -0.1) is 0 Å². The molecular formula is C22H27F4N5O. The fourth-order valence-corrected chi connectivity index (χ4v) is 3.86. The second-order valence-electron chi connectivity index (χ2n) is 7.77. The topological polar surface area (TPSA) is 95.3 Å². The maximum absolute atomic E-state index is 14.3. The van der Waals surface area contributed by atoms with Crippen LogP contribution in [0.3, 0.4) is 0 Å². The standard InChI is InChI=1S/C22H27F4N5O/c1-2-28-19(22(24,25)26)13-7-9-14(10-8-13)30-20(27)18-17(11-12-29-21(18)32)31-16-6-4-3-5-15(16)23/h7-12,15-16,19,28H,2-6H2,1H3,(H2,27,30)(H2,29,31,32)/t15-,16+,19?/m1/s1. The van der Waals surface area contributed by atoms with Gasteiger partial charge in [0.15, 0.2) is 0 Å². The number of nitrogens with one attached hydrogen (secondary N) is 3. The lowest BCUT2D eigenvalue weighted by molar-refractivity contribution is -0.157. The quantitative estimate of drug-likeness (QED) is 0.285. The van der Waals surface area contributed by atoms with Crippen LogP contribution in [0.2, 0.25) is 0 Å². The first kappa shape index (κ1) is 23.8. The number of H-pyrrole nitrogens is 1. The Morgan fingerprint density at radius 2 is 1.91 bits per heavy atom. The number of alkyl halides is 4. The Kier molecular flexibility index (Phi) is 7.55. The molecule has 1 aliphatic carbocycles. The highest BCUT2D eigenvalue weighted by Crippen LogP contribution is 2.33. The predicted molar refractivity (Wildman–Crippen MR) is 117 cm³/mol. The van der Waals surface area contributed by atoms with E-state index in [4.69, 9.17) is 5.73 Å². The molecule has 1 saturated carbocycles. The second kappa shape index (κ2) is 10.2. The molecule has 1 aromatic heterocycles. The smallest absolute Gasteiger partial charge is 0.383 e. The van der Waals surface area contributed by atoms with Gasteiger partial charge in [-0.3, -0.25) is 4.79 Å². The van der Waals surface area contributed by atoms with Crippen LogP contribution >= 0.6 is 0 Å². The molecular weight excluding hydrogens is 426 g/mol. The third-order valence-electron chi connectivity index (χ3n) is 5.45. The minimum Gasteiger partial charge on any atom is -0.383 e. The van der Waals surface area contributed by atoms with E-state index in [9.17, 15) is 22.4 Å². The maximum atomic E-state index is 14.3. The van der Waals surface area contributed by atoms with Crippen molar-refractivity contribution in [2.75, 3.05) is 11.9 Å². The summed E-state index contributed by atoms with van der Waals surface area (Å²) in [6, 6.07) is 4.81. The summed E-state index contributed by atoms with van der Waals surface area (Å²) in [5.41, 5.74) is 6.36.